The van der Waals surface area contributed by atoms with Crippen LogP contribution in [0.25, 0.3) is 0 Å². The molecule has 2 N–H and O–H groups in total. The van der Waals surface area contributed by atoms with Crippen molar-refractivity contribution in [2.75, 3.05) is 18.5 Å². The van der Waals surface area contributed by atoms with Crippen molar-refractivity contribution in [2.45, 2.75) is 59.5 Å². The van der Waals surface area contributed by atoms with Gasteiger partial charge in [-0.15, -0.1) is 11.3 Å². The van der Waals surface area contributed by atoms with E-state index in [9.17, 15) is 14.4 Å². The Morgan fingerprint density at radius 2 is 1.90 bits per heavy atom. The molecular weight excluding hydrogens is 554 g/mol. The number of nitrogens with one attached hydrogen (secondary N) is 2. The number of thiophene rings is 1. The van der Waals surface area contributed by atoms with Crippen LogP contribution in [0.2, 0.25) is 0 Å². The highest BCUT2D eigenvalue weighted by molar-refractivity contribution is 7.17. The summed E-state index contributed by atoms with van der Waals surface area (Å²) in [6.07, 6.45) is 4.29. The van der Waals surface area contributed by atoms with Gasteiger partial charge in [0, 0.05) is 10.4 Å². The summed E-state index contributed by atoms with van der Waals surface area (Å²) in [7, 11) is 0. The van der Waals surface area contributed by atoms with Crippen LogP contribution in [0.5, 0.6) is 11.5 Å². The monoisotopic (exact) mass is 591 g/mol. The first-order valence-corrected chi connectivity index (χ1v) is 15.1. The quantitative estimate of drug-likeness (QED) is 0.151. The van der Waals surface area contributed by atoms with Gasteiger partial charge in [-0.3, -0.25) is 9.59 Å². The number of hydrogen-bond acceptors (Lipinski definition) is 8. The molecule has 1 heterocycles. The van der Waals surface area contributed by atoms with Gasteiger partial charge in [0.05, 0.1) is 25.0 Å². The summed E-state index contributed by atoms with van der Waals surface area (Å²) < 4.78 is 16.7. The predicted molar refractivity (Wildman–Crippen MR) is 164 cm³/mol. The molecule has 1 aliphatic rings. The van der Waals surface area contributed by atoms with Crippen LogP contribution in [-0.2, 0) is 22.4 Å². The Morgan fingerprint density at radius 3 is 2.64 bits per heavy atom. The van der Waals surface area contributed by atoms with Crippen LogP contribution in [0.3, 0.4) is 0 Å². The molecule has 0 radical (unpaired) electrons. The van der Waals surface area contributed by atoms with Crippen LogP contribution in [0.1, 0.15) is 77.3 Å². The van der Waals surface area contributed by atoms with Crippen LogP contribution < -0.4 is 20.2 Å². The Hall–Kier alpha value is -4.18. The number of fused-ring (bicyclic) bond motifs is 1. The molecule has 2 amide bonds. The number of amides is 2. The van der Waals surface area contributed by atoms with E-state index in [1.54, 1.807) is 38.1 Å². The smallest absolute Gasteiger partial charge is 0.341 e. The van der Waals surface area contributed by atoms with E-state index in [-0.39, 0.29) is 12.5 Å². The Bertz CT molecular complexity index is 1430. The summed E-state index contributed by atoms with van der Waals surface area (Å²) in [4.78, 5) is 39.5. The van der Waals surface area contributed by atoms with Gasteiger partial charge in [-0.05, 0) is 93.0 Å². The highest BCUT2D eigenvalue weighted by Gasteiger charge is 2.29. The van der Waals surface area contributed by atoms with E-state index >= 15 is 0 Å². The fraction of sp³-hybridized carbons (Fsp3) is 0.375. The van der Waals surface area contributed by atoms with Gasteiger partial charge in [0.15, 0.2) is 6.10 Å². The fourth-order valence-electron chi connectivity index (χ4n) is 4.54. The first-order chi connectivity index (χ1) is 20.3. The van der Waals surface area contributed by atoms with Crippen molar-refractivity contribution in [3.63, 3.8) is 0 Å². The van der Waals surface area contributed by atoms with Crippen molar-refractivity contribution in [1.29, 1.82) is 0 Å². The van der Waals surface area contributed by atoms with Crippen molar-refractivity contribution in [2.24, 2.45) is 11.0 Å². The number of rotatable bonds is 12. The van der Waals surface area contributed by atoms with Gasteiger partial charge in [-0.25, -0.2) is 10.2 Å². The summed E-state index contributed by atoms with van der Waals surface area (Å²) in [6, 6.07) is 13.9. The first-order valence-electron chi connectivity index (χ1n) is 14.2. The molecule has 222 valence electrons. The maximum atomic E-state index is 13.1. The molecule has 10 heteroatoms. The van der Waals surface area contributed by atoms with Gasteiger partial charge in [0.1, 0.15) is 16.5 Å². The van der Waals surface area contributed by atoms with Gasteiger partial charge in [-0.1, -0.05) is 26.0 Å². The molecule has 0 fully saturated rings. The lowest BCUT2D eigenvalue weighted by molar-refractivity contribution is -0.127. The zero-order chi connectivity index (χ0) is 30.1. The Balaban J connectivity index is 1.34. The summed E-state index contributed by atoms with van der Waals surface area (Å²) in [6.45, 7) is 8.50. The average Bonchev–Trinajstić information content (AvgIpc) is 3.33. The number of hydrogen-bond donors (Lipinski definition) is 2. The summed E-state index contributed by atoms with van der Waals surface area (Å²) in [5, 5.41) is 7.45. The van der Waals surface area contributed by atoms with Crippen LogP contribution in [0.4, 0.5) is 5.00 Å². The molecule has 4 rings (SSSR count). The second kappa shape index (κ2) is 14.6. The average molecular weight is 592 g/mol. The zero-order valence-corrected chi connectivity index (χ0v) is 25.2. The molecule has 0 saturated carbocycles. The number of carbonyl (C=O) groups excluding carboxylic acids is 3. The predicted octanol–water partition coefficient (Wildman–Crippen LogP) is 6.01. The first kappa shape index (κ1) is 30.8. The number of benzene rings is 2. The van der Waals surface area contributed by atoms with Crippen molar-refractivity contribution >= 4 is 40.3 Å². The van der Waals surface area contributed by atoms with Gasteiger partial charge in [0.25, 0.3) is 11.8 Å². The van der Waals surface area contributed by atoms with Crippen molar-refractivity contribution in [1.82, 2.24) is 5.43 Å². The number of ether oxygens (including phenoxy) is 3. The van der Waals surface area contributed by atoms with Crippen LogP contribution in [0.15, 0.2) is 53.6 Å². The molecule has 1 aromatic heterocycles. The molecular formula is C32H37N3O6S. The summed E-state index contributed by atoms with van der Waals surface area (Å²) >= 11 is 1.45. The number of nitrogens with zero attached hydrogens (tertiary/aromatic N) is 1. The molecule has 0 aliphatic heterocycles. The fourth-order valence-corrected chi connectivity index (χ4v) is 5.94. The molecule has 2 atom stereocenters. The molecule has 2 aromatic carbocycles. The highest BCUT2D eigenvalue weighted by atomic mass is 32.1. The van der Waals surface area contributed by atoms with Gasteiger partial charge < -0.3 is 19.5 Å². The van der Waals surface area contributed by atoms with Crippen molar-refractivity contribution < 1.29 is 28.6 Å². The Morgan fingerprint density at radius 1 is 1.12 bits per heavy atom. The minimum absolute atomic E-state index is 0.264. The molecule has 42 heavy (non-hydrogen) atoms. The third-order valence-corrected chi connectivity index (χ3v) is 7.91. The Labute approximate surface area is 250 Å². The van der Waals surface area contributed by atoms with Crippen molar-refractivity contribution in [3.05, 3.63) is 75.7 Å². The van der Waals surface area contributed by atoms with E-state index in [2.05, 4.69) is 22.8 Å². The SMILES string of the molecule is CCCOc1cccc(C=NNC(=O)C(C)Oc2ccc(C(=O)Nc3sc4c(c3C(=O)OCC)CCC(C)C4)cc2)c1. The maximum absolute atomic E-state index is 13.1. The van der Waals surface area contributed by atoms with E-state index in [1.807, 2.05) is 31.2 Å². The van der Waals surface area contributed by atoms with E-state index in [1.165, 1.54) is 17.6 Å². The lowest BCUT2D eigenvalue weighted by Gasteiger charge is -2.18. The van der Waals surface area contributed by atoms with Gasteiger partial charge in [0.2, 0.25) is 0 Å². The molecule has 1 aliphatic carbocycles. The minimum atomic E-state index is -0.826. The van der Waals surface area contributed by atoms with E-state index in [0.717, 1.165) is 47.4 Å². The topological polar surface area (TPSA) is 115 Å². The third-order valence-electron chi connectivity index (χ3n) is 6.74. The summed E-state index contributed by atoms with van der Waals surface area (Å²) in [5.74, 6) is 0.518. The molecule has 9 nitrogen and oxygen atoms in total. The van der Waals surface area contributed by atoms with E-state index in [0.29, 0.717) is 34.4 Å². The molecule has 0 spiro atoms. The lowest BCUT2D eigenvalue weighted by atomic mass is 9.88. The number of hydrazone groups is 1. The van der Waals surface area contributed by atoms with Gasteiger partial charge in [-0.2, -0.15) is 5.10 Å². The highest BCUT2D eigenvalue weighted by Crippen LogP contribution is 2.40. The lowest BCUT2D eigenvalue weighted by Crippen LogP contribution is -2.33. The Kier molecular flexibility index (Phi) is 10.7. The minimum Gasteiger partial charge on any atom is -0.494 e. The van der Waals surface area contributed by atoms with E-state index < -0.39 is 18.0 Å². The number of esters is 1. The van der Waals surface area contributed by atoms with E-state index in [4.69, 9.17) is 14.2 Å². The second-order valence-corrected chi connectivity index (χ2v) is 11.3. The molecule has 2 unspecified atom stereocenters. The van der Waals surface area contributed by atoms with Crippen LogP contribution >= 0.6 is 11.3 Å². The normalized spacial score (nSPS) is 15.0. The molecule has 0 bridgehead atoms. The number of anilines is 1. The summed E-state index contributed by atoms with van der Waals surface area (Å²) in [5.41, 5.74) is 5.12. The molecule has 3 aromatic rings. The second-order valence-electron chi connectivity index (χ2n) is 10.2. The van der Waals surface area contributed by atoms with Crippen LogP contribution in [0, 0.1) is 5.92 Å². The largest absolute Gasteiger partial charge is 0.494 e. The van der Waals surface area contributed by atoms with Crippen molar-refractivity contribution in [3.8, 4) is 11.5 Å². The van der Waals surface area contributed by atoms with Crippen LogP contribution in [-0.4, -0.2) is 43.3 Å². The molecule has 0 saturated heterocycles. The maximum Gasteiger partial charge on any atom is 0.341 e. The third kappa shape index (κ3) is 7.97. The zero-order valence-electron chi connectivity index (χ0n) is 24.4. The van der Waals surface area contributed by atoms with Gasteiger partial charge >= 0.3 is 5.97 Å². The number of carbonyl (C=O) groups is 3. The standard InChI is InChI=1S/C32H37N3O6S/c1-5-16-40-25-9-7-8-22(18-25)19-33-35-29(36)21(4)41-24-13-11-23(12-14-24)30(37)34-31-28(32(38)39-6-2)26-15-10-20(3)17-27(26)42-31/h7-9,11-14,18-21H,5-6,10,15-17H2,1-4H3,(H,34,37)(H,35,36).